The maximum absolute atomic E-state index is 11.0. The lowest BCUT2D eigenvalue weighted by atomic mass is 10.1. The quantitative estimate of drug-likeness (QED) is 0.477. The van der Waals surface area contributed by atoms with Crippen molar-refractivity contribution in [2.75, 3.05) is 12.3 Å². The Hall–Kier alpha value is -2.34. The van der Waals surface area contributed by atoms with Crippen LogP contribution in [0.25, 0.3) is 11.2 Å². The molecule has 3 rings (SSSR count). The summed E-state index contributed by atoms with van der Waals surface area (Å²) in [5.41, 5.74) is 11.6. The topological polar surface area (TPSA) is 172 Å². The van der Waals surface area contributed by atoms with Crippen molar-refractivity contribution >= 4 is 22.9 Å². The second kappa shape index (κ2) is 6.28. The Balaban J connectivity index is 1.79. The maximum Gasteiger partial charge on any atom is 0.246 e. The van der Waals surface area contributed by atoms with Crippen LogP contribution in [-0.2, 0) is 14.3 Å². The highest BCUT2D eigenvalue weighted by molar-refractivity contribution is 5.81. The highest BCUT2D eigenvalue weighted by Gasteiger charge is 2.44. The van der Waals surface area contributed by atoms with E-state index in [2.05, 4.69) is 15.0 Å². The Morgan fingerprint density at radius 1 is 1.42 bits per heavy atom. The Morgan fingerprint density at radius 2 is 2.17 bits per heavy atom. The van der Waals surface area contributed by atoms with Crippen molar-refractivity contribution in [1.29, 1.82) is 0 Å². The molecule has 1 fully saturated rings. The average Bonchev–Trinajstić information content (AvgIpc) is 3.09. The fourth-order valence-corrected chi connectivity index (χ4v) is 2.47. The summed E-state index contributed by atoms with van der Waals surface area (Å²) < 4.78 is 12.3. The number of hydrogen-bond donors (Lipinski definition) is 4. The molecule has 0 bridgehead atoms. The second-order valence-electron chi connectivity index (χ2n) is 5.51. The van der Waals surface area contributed by atoms with E-state index in [0.717, 1.165) is 0 Å². The van der Waals surface area contributed by atoms with Crippen LogP contribution in [0.15, 0.2) is 12.7 Å². The molecule has 5 atom stereocenters. The fraction of sp³-hybridized carbons (Fsp3) is 0.538. The van der Waals surface area contributed by atoms with Crippen LogP contribution >= 0.6 is 0 Å². The van der Waals surface area contributed by atoms with Gasteiger partial charge in [0.25, 0.3) is 0 Å². The van der Waals surface area contributed by atoms with Gasteiger partial charge in [0, 0.05) is 0 Å². The molecule has 2 aromatic rings. The number of rotatable bonds is 5. The summed E-state index contributed by atoms with van der Waals surface area (Å²) >= 11 is 0. The van der Waals surface area contributed by atoms with Crippen LogP contribution in [0, 0.1) is 0 Å². The van der Waals surface area contributed by atoms with Crippen molar-refractivity contribution in [1.82, 2.24) is 19.5 Å². The molecule has 0 radical (unpaired) electrons. The van der Waals surface area contributed by atoms with E-state index in [1.807, 2.05) is 0 Å². The number of nitrogens with zero attached hydrogens (tertiary/aromatic N) is 4. The smallest absolute Gasteiger partial charge is 0.246 e. The van der Waals surface area contributed by atoms with Crippen LogP contribution in [-0.4, -0.2) is 66.7 Å². The third kappa shape index (κ3) is 2.78. The van der Waals surface area contributed by atoms with Gasteiger partial charge in [-0.05, 0) is 6.92 Å². The van der Waals surface area contributed by atoms with E-state index in [1.54, 1.807) is 0 Å². The van der Waals surface area contributed by atoms with Crippen molar-refractivity contribution in [3.05, 3.63) is 12.7 Å². The lowest BCUT2D eigenvalue weighted by molar-refractivity contribution is -0.133. The Bertz CT molecular complexity index is 752. The maximum atomic E-state index is 11.0. The summed E-state index contributed by atoms with van der Waals surface area (Å²) in [5, 5.41) is 20.4. The van der Waals surface area contributed by atoms with Gasteiger partial charge in [-0.1, -0.05) is 0 Å². The van der Waals surface area contributed by atoms with Gasteiger partial charge >= 0.3 is 0 Å². The highest BCUT2D eigenvalue weighted by Crippen LogP contribution is 2.32. The number of imidazole rings is 1. The number of aliphatic hydroxyl groups is 2. The van der Waals surface area contributed by atoms with E-state index in [0.29, 0.717) is 11.2 Å². The van der Waals surface area contributed by atoms with Crippen LogP contribution < -0.4 is 11.5 Å². The lowest BCUT2D eigenvalue weighted by Gasteiger charge is -2.17. The van der Waals surface area contributed by atoms with Crippen LogP contribution in [0.2, 0.25) is 0 Å². The number of nitrogens with two attached hydrogens (primary N) is 2. The van der Waals surface area contributed by atoms with Gasteiger partial charge in [0.1, 0.15) is 36.3 Å². The molecular weight excluding hydrogens is 320 g/mol. The molecule has 0 saturated carbocycles. The van der Waals surface area contributed by atoms with Gasteiger partial charge in [-0.3, -0.25) is 9.36 Å². The standard InChI is InChI=1S/C13H18N6O5/c1-5(11(15)22)23-2-6-8(20)9(21)13(24-6)19-4-18-7-10(14)16-3-17-12(7)19/h3-6,8-9,13,20-21H,2H2,1H3,(H2,15,22)(H2,14,16,17)/t5?,6-,8?,9?,13-/m1/s1. The lowest BCUT2D eigenvalue weighted by Crippen LogP contribution is -2.37. The van der Waals surface area contributed by atoms with Crippen molar-refractivity contribution in [3.63, 3.8) is 0 Å². The Labute approximate surface area is 136 Å². The largest absolute Gasteiger partial charge is 0.387 e. The minimum absolute atomic E-state index is 0.109. The van der Waals surface area contributed by atoms with Crippen LogP contribution in [0.3, 0.4) is 0 Å². The number of amides is 1. The van der Waals surface area contributed by atoms with E-state index >= 15 is 0 Å². The molecule has 0 spiro atoms. The minimum Gasteiger partial charge on any atom is -0.387 e. The number of fused-ring (bicyclic) bond motifs is 1. The van der Waals surface area contributed by atoms with Gasteiger partial charge in [0.05, 0.1) is 12.9 Å². The first-order chi connectivity index (χ1) is 11.4. The van der Waals surface area contributed by atoms with Gasteiger partial charge in [0.15, 0.2) is 17.7 Å². The van der Waals surface area contributed by atoms with Gasteiger partial charge < -0.3 is 31.2 Å². The predicted molar refractivity (Wildman–Crippen MR) is 80.3 cm³/mol. The number of aliphatic hydroxyl groups excluding tert-OH is 2. The molecule has 2 aromatic heterocycles. The van der Waals surface area contributed by atoms with E-state index < -0.39 is 36.6 Å². The molecule has 6 N–H and O–H groups in total. The summed E-state index contributed by atoms with van der Waals surface area (Å²) in [6.45, 7) is 1.38. The second-order valence-corrected chi connectivity index (χ2v) is 5.51. The van der Waals surface area contributed by atoms with Crippen molar-refractivity contribution in [3.8, 4) is 0 Å². The van der Waals surface area contributed by atoms with Crippen molar-refractivity contribution < 1.29 is 24.5 Å². The number of primary amides is 1. The molecular formula is C13H18N6O5. The van der Waals surface area contributed by atoms with E-state index in [-0.39, 0.29) is 12.4 Å². The molecule has 3 unspecified atom stereocenters. The van der Waals surface area contributed by atoms with Crippen LogP contribution in [0.4, 0.5) is 5.82 Å². The van der Waals surface area contributed by atoms with E-state index in [4.69, 9.17) is 20.9 Å². The molecule has 3 heterocycles. The van der Waals surface area contributed by atoms with Crippen molar-refractivity contribution in [2.45, 2.75) is 37.6 Å². The van der Waals surface area contributed by atoms with Gasteiger partial charge in [-0.25, -0.2) is 15.0 Å². The Kier molecular flexibility index (Phi) is 4.32. The van der Waals surface area contributed by atoms with Gasteiger partial charge in [0.2, 0.25) is 5.91 Å². The molecule has 0 aromatic carbocycles. The third-order valence-electron chi connectivity index (χ3n) is 3.91. The molecule has 1 aliphatic rings. The Morgan fingerprint density at radius 3 is 2.88 bits per heavy atom. The zero-order valence-electron chi connectivity index (χ0n) is 12.8. The average molecular weight is 338 g/mol. The number of hydrogen-bond acceptors (Lipinski definition) is 9. The predicted octanol–water partition coefficient (Wildman–Crippen LogP) is -2.08. The molecule has 1 saturated heterocycles. The number of ether oxygens (including phenoxy) is 2. The number of carbonyl (C=O) groups is 1. The normalized spacial score (nSPS) is 28.3. The summed E-state index contributed by atoms with van der Waals surface area (Å²) in [4.78, 5) is 23.0. The molecule has 11 nitrogen and oxygen atoms in total. The zero-order chi connectivity index (χ0) is 17.4. The summed E-state index contributed by atoms with van der Waals surface area (Å²) in [5.74, 6) is -0.436. The zero-order valence-corrected chi connectivity index (χ0v) is 12.8. The monoisotopic (exact) mass is 338 g/mol. The van der Waals surface area contributed by atoms with E-state index in [1.165, 1.54) is 24.1 Å². The molecule has 0 aliphatic carbocycles. The summed E-state index contributed by atoms with van der Waals surface area (Å²) in [6, 6.07) is 0. The number of carbonyl (C=O) groups excluding carboxylic acids is 1. The summed E-state index contributed by atoms with van der Waals surface area (Å²) in [6.07, 6.45) is -2.41. The SMILES string of the molecule is CC(OC[C@H]1O[C@@H](n2cnc3c(N)ncnc32)C(O)C1O)C(N)=O. The highest BCUT2D eigenvalue weighted by atomic mass is 16.6. The van der Waals surface area contributed by atoms with Gasteiger partial charge in [-0.15, -0.1) is 0 Å². The van der Waals surface area contributed by atoms with Gasteiger partial charge in [-0.2, -0.15) is 0 Å². The summed E-state index contributed by atoms with van der Waals surface area (Å²) in [7, 11) is 0. The first kappa shape index (κ1) is 16.5. The van der Waals surface area contributed by atoms with Crippen LogP contribution in [0.5, 0.6) is 0 Å². The minimum atomic E-state index is -1.24. The van der Waals surface area contributed by atoms with Crippen LogP contribution in [0.1, 0.15) is 13.2 Å². The number of nitrogen functional groups attached to an aromatic ring is 1. The molecule has 1 amide bonds. The first-order valence-electron chi connectivity index (χ1n) is 7.25. The number of anilines is 1. The fourth-order valence-electron chi connectivity index (χ4n) is 2.47. The molecule has 130 valence electrons. The molecule has 11 heteroatoms. The van der Waals surface area contributed by atoms with E-state index in [9.17, 15) is 15.0 Å². The number of aromatic nitrogens is 4. The van der Waals surface area contributed by atoms with Crippen molar-refractivity contribution in [2.24, 2.45) is 5.73 Å². The molecule has 24 heavy (non-hydrogen) atoms. The molecule has 1 aliphatic heterocycles. The third-order valence-corrected chi connectivity index (χ3v) is 3.91. The first-order valence-corrected chi connectivity index (χ1v) is 7.25.